The van der Waals surface area contributed by atoms with Crippen molar-refractivity contribution in [3.05, 3.63) is 83.4 Å². The molecule has 0 spiro atoms. The van der Waals surface area contributed by atoms with Crippen LogP contribution in [0.1, 0.15) is 73.1 Å². The molecule has 2 aromatic rings. The first kappa shape index (κ1) is 26.8. The van der Waals surface area contributed by atoms with Crippen molar-refractivity contribution in [3.63, 3.8) is 0 Å². The molecule has 0 radical (unpaired) electrons. The molecule has 4 nitrogen and oxygen atoms in total. The van der Waals surface area contributed by atoms with Gasteiger partial charge in [0.1, 0.15) is 5.78 Å². The van der Waals surface area contributed by atoms with Crippen LogP contribution in [0.5, 0.6) is 0 Å². The van der Waals surface area contributed by atoms with Crippen LogP contribution in [-0.2, 0) is 9.59 Å². The highest BCUT2D eigenvalue weighted by molar-refractivity contribution is 8.15. The van der Waals surface area contributed by atoms with Crippen LogP contribution in [0.2, 0.25) is 0 Å². The lowest BCUT2D eigenvalue weighted by Gasteiger charge is -2.60. The highest BCUT2D eigenvalue weighted by atomic mass is 32.2. The van der Waals surface area contributed by atoms with E-state index in [-0.39, 0.29) is 49.7 Å². The lowest BCUT2D eigenvalue weighted by Crippen LogP contribution is -2.57. The molecule has 0 bridgehead atoms. The van der Waals surface area contributed by atoms with E-state index >= 15 is 0 Å². The predicted molar refractivity (Wildman–Crippen MR) is 157 cm³/mol. The Morgan fingerprint density at radius 1 is 0.821 bits per heavy atom. The molecule has 6 rings (SSSR count). The van der Waals surface area contributed by atoms with Gasteiger partial charge in [-0.25, -0.2) is 0 Å². The van der Waals surface area contributed by atoms with Gasteiger partial charge in [0.05, 0.1) is 0 Å². The van der Waals surface area contributed by atoms with E-state index in [2.05, 4.69) is 13.8 Å². The molecule has 6 heteroatoms. The third-order valence-electron chi connectivity index (χ3n) is 10.3. The van der Waals surface area contributed by atoms with Gasteiger partial charge >= 0.3 is 0 Å². The Labute approximate surface area is 238 Å². The van der Waals surface area contributed by atoms with Gasteiger partial charge in [0.15, 0.2) is 5.78 Å². The number of hydrogen-bond donors (Lipinski definition) is 0. The van der Waals surface area contributed by atoms with Crippen molar-refractivity contribution in [2.24, 2.45) is 28.6 Å². The molecule has 2 aromatic carbocycles. The average Bonchev–Trinajstić information content (AvgIpc) is 3.25. The molecule has 0 unspecified atom stereocenters. The minimum Gasteiger partial charge on any atom is -0.299 e. The number of Topliss-reactive ketones (excluding diaryl/α,β-unsaturated/α-hetero) is 1. The van der Waals surface area contributed by atoms with E-state index in [4.69, 9.17) is 0 Å². The molecule has 39 heavy (non-hydrogen) atoms. The first-order chi connectivity index (χ1) is 18.7. The normalized spacial score (nSPS) is 35.4. The standard InChI is InChI=1S/C33H34O4S2/c1-32-16-15-25-23(24(32)13-14-28(32)35)19-27(38-30(36)20-9-5-3-6-10-20)26-17-22(34)18-29(33(25,26)2)39-31(37)21-11-7-4-8-12-21/h3-12,17,23-25,27,29H,13-16,18-19H2,1-2H3/t23-,24-,25-,27-,29-,32-,33+/m0/s1. The molecule has 0 N–H and O–H groups in total. The summed E-state index contributed by atoms with van der Waals surface area (Å²) in [5.41, 5.74) is 1.62. The van der Waals surface area contributed by atoms with Gasteiger partial charge in [-0.2, -0.15) is 0 Å². The van der Waals surface area contributed by atoms with Gasteiger partial charge < -0.3 is 0 Å². The van der Waals surface area contributed by atoms with Gasteiger partial charge in [0, 0.05) is 45.3 Å². The summed E-state index contributed by atoms with van der Waals surface area (Å²) >= 11 is 2.63. The van der Waals surface area contributed by atoms with E-state index in [9.17, 15) is 19.2 Å². The second kappa shape index (κ2) is 10.2. The van der Waals surface area contributed by atoms with Crippen LogP contribution in [-0.4, -0.2) is 32.3 Å². The predicted octanol–water partition coefficient (Wildman–Crippen LogP) is 7.19. The molecule has 3 saturated carbocycles. The van der Waals surface area contributed by atoms with Gasteiger partial charge in [-0.1, -0.05) is 98.0 Å². The minimum atomic E-state index is -0.409. The van der Waals surface area contributed by atoms with E-state index < -0.39 is 5.41 Å². The van der Waals surface area contributed by atoms with Crippen LogP contribution < -0.4 is 0 Å². The number of ketones is 2. The van der Waals surface area contributed by atoms with Crippen molar-refractivity contribution in [1.82, 2.24) is 0 Å². The lowest BCUT2D eigenvalue weighted by molar-refractivity contribution is -0.132. The van der Waals surface area contributed by atoms with E-state index in [1.165, 1.54) is 23.5 Å². The summed E-state index contributed by atoms with van der Waals surface area (Å²) in [4.78, 5) is 53.1. The lowest BCUT2D eigenvalue weighted by atomic mass is 9.47. The minimum absolute atomic E-state index is 0.00552. The SMILES string of the molecule is C[C@@]12C(=CC(=O)C[C@@H]1SC(=O)c1ccccc1)[C@@H](SC(=O)c1ccccc1)C[C@@H]1[C@@H]2CC[C@]2(C)C(=O)CC[C@@H]12. The molecule has 4 aliphatic carbocycles. The molecule has 0 amide bonds. The molecular formula is C33H34O4S2. The Morgan fingerprint density at radius 3 is 2.08 bits per heavy atom. The van der Waals surface area contributed by atoms with Crippen LogP contribution in [0.25, 0.3) is 0 Å². The van der Waals surface area contributed by atoms with Gasteiger partial charge in [-0.05, 0) is 55.1 Å². The zero-order valence-electron chi connectivity index (χ0n) is 22.4. The number of hydrogen-bond acceptors (Lipinski definition) is 6. The van der Waals surface area contributed by atoms with Crippen LogP contribution in [0, 0.1) is 28.6 Å². The summed E-state index contributed by atoms with van der Waals surface area (Å²) in [5.74, 6) is 1.25. The molecule has 0 aromatic heterocycles. The van der Waals surface area contributed by atoms with Gasteiger partial charge in [0.2, 0.25) is 10.2 Å². The van der Waals surface area contributed by atoms with Crippen LogP contribution in [0.3, 0.4) is 0 Å². The molecule has 0 saturated heterocycles. The largest absolute Gasteiger partial charge is 0.299 e. The quantitative estimate of drug-likeness (QED) is 0.396. The second-order valence-electron chi connectivity index (χ2n) is 12.1. The molecule has 7 atom stereocenters. The zero-order chi connectivity index (χ0) is 27.4. The Kier molecular flexibility index (Phi) is 6.99. The second-order valence-corrected chi connectivity index (χ2v) is 14.5. The van der Waals surface area contributed by atoms with E-state index in [1.54, 1.807) is 0 Å². The van der Waals surface area contributed by atoms with Crippen LogP contribution >= 0.6 is 23.5 Å². The summed E-state index contributed by atoms with van der Waals surface area (Å²) in [6, 6.07) is 18.6. The summed E-state index contributed by atoms with van der Waals surface area (Å²) < 4.78 is 0. The smallest absolute Gasteiger partial charge is 0.219 e. The van der Waals surface area contributed by atoms with Crippen molar-refractivity contribution < 1.29 is 19.2 Å². The Morgan fingerprint density at radius 2 is 1.44 bits per heavy atom. The third-order valence-corrected chi connectivity index (χ3v) is 12.8. The fraction of sp³-hybridized carbons (Fsp3) is 0.455. The maximum atomic E-state index is 13.5. The number of benzene rings is 2. The highest BCUT2D eigenvalue weighted by Gasteiger charge is 2.63. The van der Waals surface area contributed by atoms with Crippen molar-refractivity contribution in [2.45, 2.75) is 62.9 Å². The van der Waals surface area contributed by atoms with Crippen molar-refractivity contribution in [3.8, 4) is 0 Å². The summed E-state index contributed by atoms with van der Waals surface area (Å²) in [7, 11) is 0. The first-order valence-electron chi connectivity index (χ1n) is 14.0. The maximum absolute atomic E-state index is 13.5. The van der Waals surface area contributed by atoms with Gasteiger partial charge in [-0.3, -0.25) is 19.2 Å². The van der Waals surface area contributed by atoms with Gasteiger partial charge in [-0.15, -0.1) is 0 Å². The zero-order valence-corrected chi connectivity index (χ0v) is 24.1. The molecule has 3 fully saturated rings. The molecule has 0 aliphatic heterocycles. The van der Waals surface area contributed by atoms with Gasteiger partial charge in [0.25, 0.3) is 0 Å². The van der Waals surface area contributed by atoms with Crippen molar-refractivity contribution >= 4 is 45.3 Å². The van der Waals surface area contributed by atoms with E-state index in [0.717, 1.165) is 31.3 Å². The molecule has 202 valence electrons. The topological polar surface area (TPSA) is 68.3 Å². The van der Waals surface area contributed by atoms with Crippen LogP contribution in [0.15, 0.2) is 72.3 Å². The monoisotopic (exact) mass is 558 g/mol. The Bertz CT molecular complexity index is 1350. The summed E-state index contributed by atoms with van der Waals surface area (Å²) in [5, 5.41) is -0.367. The number of carbonyl (C=O) groups is 4. The fourth-order valence-corrected chi connectivity index (χ4v) is 10.8. The third kappa shape index (κ3) is 4.48. The first-order valence-corrected chi connectivity index (χ1v) is 15.8. The molecule has 0 heterocycles. The highest BCUT2D eigenvalue weighted by Crippen LogP contribution is 2.67. The molecule has 4 aliphatic rings. The maximum Gasteiger partial charge on any atom is 0.219 e. The summed E-state index contributed by atoms with van der Waals surface area (Å²) in [6.45, 7) is 4.40. The fourth-order valence-electron chi connectivity index (χ4n) is 8.19. The van der Waals surface area contributed by atoms with E-state index in [0.29, 0.717) is 29.8 Å². The molecular weight excluding hydrogens is 524 g/mol. The average molecular weight is 559 g/mol. The van der Waals surface area contributed by atoms with Crippen LogP contribution in [0.4, 0.5) is 0 Å². The Balaban J connectivity index is 1.40. The number of fused-ring (bicyclic) bond motifs is 5. The Hall–Kier alpha value is -2.44. The van der Waals surface area contributed by atoms with Crippen molar-refractivity contribution in [2.75, 3.05) is 0 Å². The number of carbonyl (C=O) groups excluding carboxylic acids is 4. The van der Waals surface area contributed by atoms with Crippen molar-refractivity contribution in [1.29, 1.82) is 0 Å². The number of thioether (sulfide) groups is 2. The number of rotatable bonds is 4. The van der Waals surface area contributed by atoms with E-state index in [1.807, 2.05) is 66.7 Å². The summed E-state index contributed by atoms with van der Waals surface area (Å²) in [6.07, 6.45) is 6.22.